The van der Waals surface area contributed by atoms with Crippen LogP contribution in [-0.4, -0.2) is 28.4 Å². The van der Waals surface area contributed by atoms with E-state index in [4.69, 9.17) is 9.15 Å². The van der Waals surface area contributed by atoms with E-state index in [2.05, 4.69) is 15.5 Å². The maximum absolute atomic E-state index is 13.6. The lowest BCUT2D eigenvalue weighted by Crippen LogP contribution is -2.27. The van der Waals surface area contributed by atoms with Crippen LogP contribution in [0.15, 0.2) is 51.4 Å². The first-order chi connectivity index (χ1) is 13.1. The number of rotatable bonds is 9. The Morgan fingerprint density at radius 3 is 2.96 bits per heavy atom. The SMILES string of the molecule is CC(Oc1ccccc1F)c1nnc(SCC(=O)NCCc2cccs2)o1. The van der Waals surface area contributed by atoms with Gasteiger partial charge in [-0.25, -0.2) is 4.39 Å². The van der Waals surface area contributed by atoms with E-state index >= 15 is 0 Å². The number of carbonyl (C=O) groups is 1. The minimum Gasteiger partial charge on any atom is -0.478 e. The largest absolute Gasteiger partial charge is 0.478 e. The molecule has 2 aromatic heterocycles. The molecule has 0 saturated carbocycles. The van der Waals surface area contributed by atoms with Crippen molar-refractivity contribution in [2.75, 3.05) is 12.3 Å². The molecule has 0 saturated heterocycles. The van der Waals surface area contributed by atoms with Gasteiger partial charge < -0.3 is 14.5 Å². The van der Waals surface area contributed by atoms with Crippen molar-refractivity contribution in [3.05, 3.63) is 58.4 Å². The molecule has 0 aliphatic heterocycles. The maximum Gasteiger partial charge on any atom is 0.277 e. The zero-order valence-corrected chi connectivity index (χ0v) is 16.2. The van der Waals surface area contributed by atoms with Crippen molar-refractivity contribution < 1.29 is 18.3 Å². The lowest BCUT2D eigenvalue weighted by molar-refractivity contribution is -0.118. The van der Waals surface area contributed by atoms with Gasteiger partial charge in [-0.1, -0.05) is 30.0 Å². The van der Waals surface area contributed by atoms with Crippen LogP contribution in [0.25, 0.3) is 0 Å². The van der Waals surface area contributed by atoms with E-state index in [1.807, 2.05) is 17.5 Å². The van der Waals surface area contributed by atoms with Crippen LogP contribution in [-0.2, 0) is 11.2 Å². The minimum atomic E-state index is -0.608. The highest BCUT2D eigenvalue weighted by atomic mass is 32.2. The standard InChI is InChI=1S/C18H18FN3O3S2/c1-12(24-15-7-3-2-6-14(15)19)17-21-22-18(25-17)27-11-16(23)20-9-8-13-5-4-10-26-13/h2-7,10,12H,8-9,11H2,1H3,(H,20,23). The number of ether oxygens (including phenoxy) is 1. The van der Waals surface area contributed by atoms with Crippen LogP contribution >= 0.6 is 23.1 Å². The second-order valence-corrected chi connectivity index (χ2v) is 7.52. The second kappa shape index (κ2) is 9.52. The number of nitrogens with one attached hydrogen (secondary N) is 1. The topological polar surface area (TPSA) is 77.2 Å². The van der Waals surface area contributed by atoms with E-state index in [0.717, 1.165) is 18.2 Å². The molecule has 3 aromatic rings. The molecule has 0 bridgehead atoms. The fourth-order valence-electron chi connectivity index (χ4n) is 2.18. The number of carbonyl (C=O) groups excluding carboxylic acids is 1. The molecule has 0 spiro atoms. The van der Waals surface area contributed by atoms with Gasteiger partial charge in [0.1, 0.15) is 0 Å². The Morgan fingerprint density at radius 2 is 2.19 bits per heavy atom. The molecule has 142 valence electrons. The summed E-state index contributed by atoms with van der Waals surface area (Å²) in [6.07, 6.45) is 0.201. The molecule has 1 N–H and O–H groups in total. The molecular formula is C18H18FN3O3S2. The Balaban J connectivity index is 1.43. The molecule has 1 atom stereocenters. The monoisotopic (exact) mass is 407 g/mol. The first kappa shape index (κ1) is 19.4. The number of hydrogen-bond acceptors (Lipinski definition) is 7. The number of amides is 1. The first-order valence-corrected chi connectivity index (χ1v) is 10.1. The lowest BCUT2D eigenvalue weighted by Gasteiger charge is -2.11. The number of aromatic nitrogens is 2. The second-order valence-electron chi connectivity index (χ2n) is 5.56. The van der Waals surface area contributed by atoms with E-state index in [9.17, 15) is 9.18 Å². The summed E-state index contributed by atoms with van der Waals surface area (Å²) in [7, 11) is 0. The van der Waals surface area contributed by atoms with Gasteiger partial charge in [-0.3, -0.25) is 4.79 Å². The van der Waals surface area contributed by atoms with Crippen molar-refractivity contribution in [1.82, 2.24) is 15.5 Å². The third-order valence-corrected chi connectivity index (χ3v) is 5.27. The summed E-state index contributed by atoms with van der Waals surface area (Å²) in [5, 5.41) is 12.9. The highest BCUT2D eigenvalue weighted by molar-refractivity contribution is 7.99. The zero-order valence-electron chi connectivity index (χ0n) is 14.6. The maximum atomic E-state index is 13.6. The van der Waals surface area contributed by atoms with Crippen molar-refractivity contribution in [3.63, 3.8) is 0 Å². The summed E-state index contributed by atoms with van der Waals surface area (Å²) in [5.74, 6) is -0.0553. The Morgan fingerprint density at radius 1 is 1.33 bits per heavy atom. The van der Waals surface area contributed by atoms with E-state index in [1.165, 1.54) is 17.0 Å². The molecule has 27 heavy (non-hydrogen) atoms. The average Bonchev–Trinajstić information content (AvgIpc) is 3.34. The molecule has 9 heteroatoms. The van der Waals surface area contributed by atoms with Crippen LogP contribution in [0.5, 0.6) is 5.75 Å². The predicted octanol–water partition coefficient (Wildman–Crippen LogP) is 3.86. The summed E-state index contributed by atoms with van der Waals surface area (Å²) < 4.78 is 24.6. The molecular weight excluding hydrogens is 389 g/mol. The molecule has 1 aromatic carbocycles. The van der Waals surface area contributed by atoms with Crippen LogP contribution in [0.2, 0.25) is 0 Å². The molecule has 0 aliphatic carbocycles. The number of hydrogen-bond donors (Lipinski definition) is 1. The highest BCUT2D eigenvalue weighted by Crippen LogP contribution is 2.25. The summed E-state index contributed by atoms with van der Waals surface area (Å²) in [6, 6.07) is 10.1. The molecule has 0 fully saturated rings. The van der Waals surface area contributed by atoms with Crippen LogP contribution < -0.4 is 10.1 Å². The van der Waals surface area contributed by atoms with Crippen molar-refractivity contribution in [3.8, 4) is 5.75 Å². The normalized spacial score (nSPS) is 11.9. The Hall–Kier alpha value is -2.39. The quantitative estimate of drug-likeness (QED) is 0.543. The summed E-state index contributed by atoms with van der Waals surface area (Å²) >= 11 is 2.81. The first-order valence-electron chi connectivity index (χ1n) is 8.28. The van der Waals surface area contributed by atoms with Gasteiger partial charge in [-0.15, -0.1) is 21.5 Å². The molecule has 0 aliphatic rings. The number of thioether (sulfide) groups is 1. The average molecular weight is 407 g/mol. The minimum absolute atomic E-state index is 0.105. The van der Waals surface area contributed by atoms with Crippen LogP contribution in [0.1, 0.15) is 23.8 Å². The Bertz CT molecular complexity index is 870. The number of para-hydroxylation sites is 1. The molecule has 1 unspecified atom stereocenters. The predicted molar refractivity (Wildman–Crippen MR) is 101 cm³/mol. The van der Waals surface area contributed by atoms with Crippen LogP contribution in [0, 0.1) is 5.82 Å². The lowest BCUT2D eigenvalue weighted by atomic mass is 10.3. The van der Waals surface area contributed by atoms with Crippen LogP contribution in [0.4, 0.5) is 4.39 Å². The Labute approximate surface area is 164 Å². The van der Waals surface area contributed by atoms with E-state index < -0.39 is 11.9 Å². The number of thiophene rings is 1. The summed E-state index contributed by atoms with van der Waals surface area (Å²) in [4.78, 5) is 13.1. The van der Waals surface area contributed by atoms with Crippen molar-refractivity contribution >= 4 is 29.0 Å². The third-order valence-electron chi connectivity index (χ3n) is 3.51. The van der Waals surface area contributed by atoms with Crippen molar-refractivity contribution in [2.24, 2.45) is 0 Å². The molecule has 0 radical (unpaired) electrons. The van der Waals surface area contributed by atoms with Crippen LogP contribution in [0.3, 0.4) is 0 Å². The number of nitrogens with zero attached hydrogens (tertiary/aromatic N) is 2. The summed E-state index contributed by atoms with van der Waals surface area (Å²) in [5.41, 5.74) is 0. The van der Waals surface area contributed by atoms with Gasteiger partial charge in [0, 0.05) is 11.4 Å². The van der Waals surface area contributed by atoms with E-state index in [0.29, 0.717) is 6.54 Å². The fourth-order valence-corrected chi connectivity index (χ4v) is 3.49. The fraction of sp³-hybridized carbons (Fsp3) is 0.278. The van der Waals surface area contributed by atoms with Gasteiger partial charge in [0.15, 0.2) is 17.7 Å². The molecule has 3 rings (SSSR count). The highest BCUT2D eigenvalue weighted by Gasteiger charge is 2.18. The van der Waals surface area contributed by atoms with Gasteiger partial charge in [0.25, 0.3) is 11.1 Å². The van der Waals surface area contributed by atoms with Gasteiger partial charge >= 0.3 is 0 Å². The zero-order chi connectivity index (χ0) is 19.1. The third kappa shape index (κ3) is 5.80. The van der Waals surface area contributed by atoms with Gasteiger partial charge in [-0.05, 0) is 36.9 Å². The van der Waals surface area contributed by atoms with Gasteiger partial charge in [0.05, 0.1) is 5.75 Å². The molecule has 2 heterocycles. The van der Waals surface area contributed by atoms with E-state index in [-0.39, 0.29) is 28.5 Å². The van der Waals surface area contributed by atoms with Crippen molar-refractivity contribution in [2.45, 2.75) is 24.7 Å². The summed E-state index contributed by atoms with van der Waals surface area (Å²) in [6.45, 7) is 2.27. The van der Waals surface area contributed by atoms with Gasteiger partial charge in [0.2, 0.25) is 5.91 Å². The molecule has 6 nitrogen and oxygen atoms in total. The van der Waals surface area contributed by atoms with Crippen molar-refractivity contribution in [1.29, 1.82) is 0 Å². The number of halogens is 1. The van der Waals surface area contributed by atoms with Gasteiger partial charge in [-0.2, -0.15) is 0 Å². The Kier molecular flexibility index (Phi) is 6.83. The van der Waals surface area contributed by atoms with E-state index in [1.54, 1.807) is 30.4 Å². The smallest absolute Gasteiger partial charge is 0.277 e. The number of benzene rings is 1. The molecule has 1 amide bonds.